The van der Waals surface area contributed by atoms with E-state index in [-0.39, 0.29) is 5.54 Å². The summed E-state index contributed by atoms with van der Waals surface area (Å²) in [6.45, 7) is 6.25. The zero-order valence-corrected chi connectivity index (χ0v) is 12.3. The van der Waals surface area contributed by atoms with Crippen LogP contribution in [0.25, 0.3) is 0 Å². The zero-order chi connectivity index (χ0) is 13.8. The first-order valence-electron chi connectivity index (χ1n) is 6.72. The largest absolute Gasteiger partial charge is 0.297 e. The number of hydrogen-bond acceptors (Lipinski definition) is 2. The zero-order valence-electron chi connectivity index (χ0n) is 12.3. The summed E-state index contributed by atoms with van der Waals surface area (Å²) in [4.78, 5) is 14.7. The summed E-state index contributed by atoms with van der Waals surface area (Å²) in [6.07, 6.45) is 2.25. The molecule has 100 valence electrons. The number of rotatable bonds is 6. The van der Waals surface area contributed by atoms with Crippen molar-refractivity contribution in [1.29, 1.82) is 0 Å². The molecule has 1 rings (SSSR count). The Morgan fingerprint density at radius 1 is 1.22 bits per heavy atom. The van der Waals surface area contributed by atoms with E-state index in [2.05, 4.69) is 37.8 Å². The van der Waals surface area contributed by atoms with Crippen LogP contribution in [0.3, 0.4) is 0 Å². The fraction of sp³-hybridized carbons (Fsp3) is 0.562. The molecule has 0 spiro atoms. The van der Waals surface area contributed by atoms with Crippen LogP contribution in [0.1, 0.15) is 37.8 Å². The lowest BCUT2D eigenvalue weighted by Crippen LogP contribution is -2.50. The molecule has 0 N–H and O–H groups in total. The number of Topliss-reactive ketones (excluding diaryl/α,β-unsaturated/α-hetero) is 1. The maximum absolute atomic E-state index is 12.6. The average Bonchev–Trinajstić information content (AvgIpc) is 2.30. The Morgan fingerprint density at radius 2 is 1.83 bits per heavy atom. The molecule has 0 radical (unpaired) electrons. The lowest BCUT2D eigenvalue weighted by atomic mass is 9.83. The van der Waals surface area contributed by atoms with Crippen LogP contribution in [-0.4, -0.2) is 30.3 Å². The summed E-state index contributed by atoms with van der Waals surface area (Å²) in [5.41, 5.74) is 2.01. The van der Waals surface area contributed by atoms with E-state index in [0.29, 0.717) is 12.2 Å². The van der Waals surface area contributed by atoms with Gasteiger partial charge in [-0.1, -0.05) is 43.7 Å². The Kier molecular flexibility index (Phi) is 5.09. The number of nitrogens with zero attached hydrogens (tertiary/aromatic N) is 1. The smallest absolute Gasteiger partial charge is 0.157 e. The number of benzene rings is 1. The van der Waals surface area contributed by atoms with E-state index in [0.717, 1.165) is 18.4 Å². The minimum atomic E-state index is -0.316. The number of carbonyl (C=O) groups excluding carboxylic acids is 1. The molecule has 0 aliphatic carbocycles. The molecule has 0 bridgehead atoms. The van der Waals surface area contributed by atoms with Crippen molar-refractivity contribution >= 4 is 5.78 Å². The Morgan fingerprint density at radius 3 is 2.28 bits per heavy atom. The van der Waals surface area contributed by atoms with Crippen molar-refractivity contribution in [1.82, 2.24) is 4.90 Å². The van der Waals surface area contributed by atoms with Crippen molar-refractivity contribution in [2.45, 2.75) is 45.6 Å². The third kappa shape index (κ3) is 2.99. The Balaban J connectivity index is 2.92. The first kappa shape index (κ1) is 14.9. The number of ketones is 1. The first-order chi connectivity index (χ1) is 8.46. The first-order valence-corrected chi connectivity index (χ1v) is 6.72. The van der Waals surface area contributed by atoms with Crippen molar-refractivity contribution in [3.05, 3.63) is 35.4 Å². The normalized spacial score (nSPS) is 11.9. The van der Waals surface area contributed by atoms with Gasteiger partial charge in [0.05, 0.1) is 5.54 Å². The summed E-state index contributed by atoms with van der Waals surface area (Å²) < 4.78 is 0. The number of likely N-dealkylation sites (N-methyl/N-ethyl adjacent to an activating group) is 1. The van der Waals surface area contributed by atoms with E-state index >= 15 is 0 Å². The van der Waals surface area contributed by atoms with Crippen LogP contribution < -0.4 is 0 Å². The second-order valence-electron chi connectivity index (χ2n) is 5.22. The van der Waals surface area contributed by atoms with Gasteiger partial charge in [0, 0.05) is 6.42 Å². The minimum absolute atomic E-state index is 0.316. The van der Waals surface area contributed by atoms with Crippen LogP contribution in [0.5, 0.6) is 0 Å². The van der Waals surface area contributed by atoms with Gasteiger partial charge in [-0.05, 0) is 39.4 Å². The van der Waals surface area contributed by atoms with Crippen molar-refractivity contribution in [3.8, 4) is 0 Å². The van der Waals surface area contributed by atoms with E-state index in [9.17, 15) is 4.79 Å². The molecule has 0 unspecified atom stereocenters. The molecule has 0 fully saturated rings. The highest BCUT2D eigenvalue weighted by Crippen LogP contribution is 2.24. The SMILES string of the molecule is CCC(CC)(C(=O)Cc1cccc(C)c1)N(C)C. The number of carbonyl (C=O) groups is 1. The second-order valence-corrected chi connectivity index (χ2v) is 5.22. The highest BCUT2D eigenvalue weighted by atomic mass is 16.1. The molecule has 0 aromatic heterocycles. The van der Waals surface area contributed by atoms with Crippen LogP contribution in [0.15, 0.2) is 24.3 Å². The molecule has 1 aromatic carbocycles. The molecule has 0 aliphatic rings. The van der Waals surface area contributed by atoms with Crippen molar-refractivity contribution < 1.29 is 4.79 Å². The van der Waals surface area contributed by atoms with Crippen LogP contribution in [-0.2, 0) is 11.2 Å². The van der Waals surface area contributed by atoms with Crippen LogP contribution in [0, 0.1) is 6.92 Å². The van der Waals surface area contributed by atoms with E-state index in [1.807, 2.05) is 26.2 Å². The highest BCUT2D eigenvalue weighted by molar-refractivity contribution is 5.90. The molecule has 0 amide bonds. The van der Waals surface area contributed by atoms with Gasteiger partial charge in [0.2, 0.25) is 0 Å². The topological polar surface area (TPSA) is 20.3 Å². The fourth-order valence-electron chi connectivity index (χ4n) is 2.70. The van der Waals surface area contributed by atoms with Crippen LogP contribution in [0.4, 0.5) is 0 Å². The van der Waals surface area contributed by atoms with E-state index < -0.39 is 0 Å². The molecule has 2 nitrogen and oxygen atoms in total. The maximum Gasteiger partial charge on any atom is 0.157 e. The average molecular weight is 247 g/mol. The number of aryl methyl sites for hydroxylation is 1. The van der Waals surface area contributed by atoms with Gasteiger partial charge in [0.1, 0.15) is 0 Å². The summed E-state index contributed by atoms with van der Waals surface area (Å²) >= 11 is 0. The van der Waals surface area contributed by atoms with Gasteiger partial charge in [-0.3, -0.25) is 9.69 Å². The Bertz CT molecular complexity index is 405. The van der Waals surface area contributed by atoms with Gasteiger partial charge >= 0.3 is 0 Å². The lowest BCUT2D eigenvalue weighted by molar-refractivity contribution is -0.129. The predicted octanol–water partition coefficient (Wildman–Crippen LogP) is 3.23. The van der Waals surface area contributed by atoms with Crippen molar-refractivity contribution in [2.24, 2.45) is 0 Å². The lowest BCUT2D eigenvalue weighted by Gasteiger charge is -2.37. The highest BCUT2D eigenvalue weighted by Gasteiger charge is 2.36. The standard InChI is InChI=1S/C16H25NO/c1-6-16(7-2,17(4)5)15(18)12-14-10-8-9-13(3)11-14/h8-11H,6-7,12H2,1-5H3. The van der Waals surface area contributed by atoms with Gasteiger partial charge < -0.3 is 0 Å². The Hall–Kier alpha value is -1.15. The summed E-state index contributed by atoms with van der Waals surface area (Å²) in [7, 11) is 4.00. The molecule has 1 aromatic rings. The van der Waals surface area contributed by atoms with Crippen molar-refractivity contribution in [3.63, 3.8) is 0 Å². The predicted molar refractivity (Wildman–Crippen MR) is 76.9 cm³/mol. The van der Waals surface area contributed by atoms with Gasteiger partial charge in [0.15, 0.2) is 5.78 Å². The van der Waals surface area contributed by atoms with Crippen molar-refractivity contribution in [2.75, 3.05) is 14.1 Å². The Labute approximate surface area is 111 Å². The molecule has 0 heterocycles. The van der Waals surface area contributed by atoms with Gasteiger partial charge in [-0.15, -0.1) is 0 Å². The van der Waals surface area contributed by atoms with Crippen LogP contribution in [0.2, 0.25) is 0 Å². The van der Waals surface area contributed by atoms with Gasteiger partial charge in [-0.2, -0.15) is 0 Å². The molecule has 0 atom stereocenters. The summed E-state index contributed by atoms with van der Waals surface area (Å²) in [5, 5.41) is 0. The maximum atomic E-state index is 12.6. The number of hydrogen-bond donors (Lipinski definition) is 0. The molecular formula is C16H25NO. The van der Waals surface area contributed by atoms with E-state index in [1.165, 1.54) is 5.56 Å². The minimum Gasteiger partial charge on any atom is -0.297 e. The van der Waals surface area contributed by atoms with E-state index in [1.54, 1.807) is 0 Å². The third-order valence-corrected chi connectivity index (χ3v) is 3.99. The molecular weight excluding hydrogens is 222 g/mol. The molecule has 2 heteroatoms. The second kappa shape index (κ2) is 6.14. The molecule has 0 saturated carbocycles. The quantitative estimate of drug-likeness (QED) is 0.769. The molecule has 0 saturated heterocycles. The monoisotopic (exact) mass is 247 g/mol. The summed E-state index contributed by atoms with van der Waals surface area (Å²) in [6, 6.07) is 8.22. The van der Waals surface area contributed by atoms with Crippen LogP contribution >= 0.6 is 0 Å². The molecule has 18 heavy (non-hydrogen) atoms. The molecule has 0 aliphatic heterocycles. The van der Waals surface area contributed by atoms with Gasteiger partial charge in [-0.25, -0.2) is 0 Å². The third-order valence-electron chi connectivity index (χ3n) is 3.99. The fourth-order valence-corrected chi connectivity index (χ4v) is 2.70. The van der Waals surface area contributed by atoms with Gasteiger partial charge in [0.25, 0.3) is 0 Å². The summed E-state index contributed by atoms with van der Waals surface area (Å²) in [5.74, 6) is 0.322. The van der Waals surface area contributed by atoms with E-state index in [4.69, 9.17) is 0 Å².